The number of hydrogen-bond acceptors (Lipinski definition) is 6. The fraction of sp³-hybridized carbons (Fsp3) is 1.00. The standard InChI is InChI=1S/C15H35N3O3Si/c1-4-19-22(20-5-2,21-6-3)14-8-7-9-15(16)18-12-10-17-11-13-18/h15,17H,4-14,16H2,1-3H3. The lowest BCUT2D eigenvalue weighted by Crippen LogP contribution is -2.51. The predicted molar refractivity (Wildman–Crippen MR) is 91.7 cm³/mol. The molecule has 1 atom stereocenters. The Kier molecular flexibility index (Phi) is 10.5. The summed E-state index contributed by atoms with van der Waals surface area (Å²) in [5.41, 5.74) is 6.29. The van der Waals surface area contributed by atoms with Crippen molar-refractivity contribution in [2.75, 3.05) is 46.0 Å². The Balaban J connectivity index is 2.31. The second-order valence-electron chi connectivity index (χ2n) is 5.58. The molecule has 1 aliphatic heterocycles. The van der Waals surface area contributed by atoms with E-state index in [0.717, 1.165) is 51.5 Å². The maximum atomic E-state index is 6.29. The first-order chi connectivity index (χ1) is 10.7. The smallest absolute Gasteiger partial charge is 0.374 e. The summed E-state index contributed by atoms with van der Waals surface area (Å²) in [6, 6.07) is 0.886. The Morgan fingerprint density at radius 1 is 1.00 bits per heavy atom. The van der Waals surface area contributed by atoms with Crippen molar-refractivity contribution in [2.45, 2.75) is 52.2 Å². The van der Waals surface area contributed by atoms with Gasteiger partial charge < -0.3 is 24.3 Å². The molecule has 0 aromatic rings. The zero-order chi connectivity index (χ0) is 16.3. The molecule has 0 amide bonds. The zero-order valence-corrected chi connectivity index (χ0v) is 15.6. The van der Waals surface area contributed by atoms with E-state index in [-0.39, 0.29) is 6.17 Å². The maximum Gasteiger partial charge on any atom is 0.500 e. The quantitative estimate of drug-likeness (QED) is 0.416. The van der Waals surface area contributed by atoms with Crippen LogP contribution >= 0.6 is 0 Å². The summed E-state index contributed by atoms with van der Waals surface area (Å²) in [6.45, 7) is 12.1. The largest absolute Gasteiger partial charge is 0.500 e. The Morgan fingerprint density at radius 2 is 1.55 bits per heavy atom. The third-order valence-corrected chi connectivity index (χ3v) is 7.10. The van der Waals surface area contributed by atoms with Crippen LogP contribution in [-0.4, -0.2) is 65.9 Å². The number of nitrogens with two attached hydrogens (primary N) is 1. The van der Waals surface area contributed by atoms with Crippen molar-refractivity contribution in [3.8, 4) is 0 Å². The average Bonchev–Trinajstić information content (AvgIpc) is 2.53. The minimum absolute atomic E-state index is 0.171. The first kappa shape index (κ1) is 20.0. The Bertz CT molecular complexity index is 262. The van der Waals surface area contributed by atoms with Crippen LogP contribution in [0.4, 0.5) is 0 Å². The minimum Gasteiger partial charge on any atom is -0.374 e. The van der Waals surface area contributed by atoms with Gasteiger partial charge in [-0.3, -0.25) is 4.90 Å². The maximum absolute atomic E-state index is 6.29. The zero-order valence-electron chi connectivity index (χ0n) is 14.6. The fourth-order valence-corrected chi connectivity index (χ4v) is 5.58. The highest BCUT2D eigenvalue weighted by molar-refractivity contribution is 6.60. The molecule has 7 heteroatoms. The normalized spacial score (nSPS) is 18.5. The fourth-order valence-electron chi connectivity index (χ4n) is 2.89. The van der Waals surface area contributed by atoms with Crippen molar-refractivity contribution in [3.05, 3.63) is 0 Å². The molecule has 132 valence electrons. The van der Waals surface area contributed by atoms with Crippen molar-refractivity contribution in [2.24, 2.45) is 5.73 Å². The summed E-state index contributed by atoms with van der Waals surface area (Å²) in [6.07, 6.45) is 3.33. The monoisotopic (exact) mass is 333 g/mol. The molecule has 1 unspecified atom stereocenters. The van der Waals surface area contributed by atoms with Gasteiger partial charge in [-0.25, -0.2) is 0 Å². The van der Waals surface area contributed by atoms with Gasteiger partial charge in [0.15, 0.2) is 0 Å². The lowest BCUT2D eigenvalue weighted by atomic mass is 10.2. The lowest BCUT2D eigenvalue weighted by Gasteiger charge is -2.33. The van der Waals surface area contributed by atoms with Gasteiger partial charge in [-0.15, -0.1) is 0 Å². The van der Waals surface area contributed by atoms with E-state index in [2.05, 4.69) is 10.2 Å². The van der Waals surface area contributed by atoms with E-state index in [1.165, 1.54) is 0 Å². The van der Waals surface area contributed by atoms with E-state index < -0.39 is 8.80 Å². The average molecular weight is 334 g/mol. The summed E-state index contributed by atoms with van der Waals surface area (Å²) in [7, 11) is -2.47. The molecule has 0 bridgehead atoms. The predicted octanol–water partition coefficient (Wildman–Crippen LogP) is 1.40. The number of nitrogens with zero attached hydrogens (tertiary/aromatic N) is 1. The summed E-state index contributed by atoms with van der Waals surface area (Å²) in [5, 5.41) is 3.36. The van der Waals surface area contributed by atoms with E-state index >= 15 is 0 Å². The van der Waals surface area contributed by atoms with Gasteiger partial charge in [-0.05, 0) is 33.6 Å². The second kappa shape index (κ2) is 11.5. The van der Waals surface area contributed by atoms with Gasteiger partial charge in [-0.2, -0.15) is 0 Å². The van der Waals surface area contributed by atoms with Crippen LogP contribution in [0.1, 0.15) is 40.0 Å². The Labute approximate surface area is 137 Å². The summed E-state index contributed by atoms with van der Waals surface area (Å²) < 4.78 is 17.6. The van der Waals surface area contributed by atoms with E-state index in [1.54, 1.807) is 0 Å². The molecule has 1 rings (SSSR count). The Hall–Kier alpha value is -0.0231. The lowest BCUT2D eigenvalue weighted by molar-refractivity contribution is 0.0703. The number of nitrogens with one attached hydrogen (secondary N) is 1. The van der Waals surface area contributed by atoms with E-state index in [4.69, 9.17) is 19.0 Å². The van der Waals surface area contributed by atoms with Crippen LogP contribution < -0.4 is 11.1 Å². The van der Waals surface area contributed by atoms with Crippen molar-refractivity contribution in [1.82, 2.24) is 10.2 Å². The molecule has 0 spiro atoms. The van der Waals surface area contributed by atoms with Crippen LogP contribution in [0.25, 0.3) is 0 Å². The molecule has 0 aromatic heterocycles. The van der Waals surface area contributed by atoms with Gasteiger partial charge in [0.1, 0.15) is 0 Å². The van der Waals surface area contributed by atoms with Gasteiger partial charge in [0.05, 0.1) is 6.17 Å². The van der Waals surface area contributed by atoms with Gasteiger partial charge in [-0.1, -0.05) is 6.42 Å². The minimum atomic E-state index is -2.47. The molecule has 22 heavy (non-hydrogen) atoms. The van der Waals surface area contributed by atoms with Crippen LogP contribution in [0.2, 0.25) is 6.04 Å². The number of hydrogen-bond donors (Lipinski definition) is 2. The van der Waals surface area contributed by atoms with Crippen LogP contribution in [0.3, 0.4) is 0 Å². The molecule has 0 saturated carbocycles. The van der Waals surface area contributed by atoms with Crippen molar-refractivity contribution < 1.29 is 13.3 Å². The van der Waals surface area contributed by atoms with Crippen molar-refractivity contribution in [1.29, 1.82) is 0 Å². The van der Waals surface area contributed by atoms with Gasteiger partial charge in [0, 0.05) is 52.0 Å². The summed E-state index contributed by atoms with van der Waals surface area (Å²) in [5.74, 6) is 0. The van der Waals surface area contributed by atoms with E-state index in [0.29, 0.717) is 19.8 Å². The van der Waals surface area contributed by atoms with Crippen molar-refractivity contribution in [3.63, 3.8) is 0 Å². The third-order valence-electron chi connectivity index (χ3n) is 3.95. The summed E-state index contributed by atoms with van der Waals surface area (Å²) >= 11 is 0. The van der Waals surface area contributed by atoms with Gasteiger partial charge in [0.25, 0.3) is 0 Å². The SMILES string of the molecule is CCO[Si](CCCCC(N)N1CCNCC1)(OCC)OCC. The molecule has 1 aliphatic rings. The highest BCUT2D eigenvalue weighted by Crippen LogP contribution is 2.20. The molecule has 0 aliphatic carbocycles. The van der Waals surface area contributed by atoms with Crippen LogP contribution in [0, 0.1) is 0 Å². The van der Waals surface area contributed by atoms with Crippen LogP contribution in [0.15, 0.2) is 0 Å². The molecule has 1 fully saturated rings. The molecule has 0 radical (unpaired) electrons. The number of piperazine rings is 1. The van der Waals surface area contributed by atoms with E-state index in [1.807, 2.05) is 20.8 Å². The molecule has 6 nitrogen and oxygen atoms in total. The molecule has 3 N–H and O–H groups in total. The third kappa shape index (κ3) is 7.04. The Morgan fingerprint density at radius 3 is 2.05 bits per heavy atom. The number of rotatable bonds is 12. The summed E-state index contributed by atoms with van der Waals surface area (Å²) in [4.78, 5) is 2.37. The molecule has 1 heterocycles. The highest BCUT2D eigenvalue weighted by atomic mass is 28.4. The van der Waals surface area contributed by atoms with Crippen LogP contribution in [0.5, 0.6) is 0 Å². The van der Waals surface area contributed by atoms with Crippen molar-refractivity contribution >= 4 is 8.80 Å². The second-order valence-corrected chi connectivity index (χ2v) is 8.31. The van der Waals surface area contributed by atoms with Crippen LogP contribution in [-0.2, 0) is 13.3 Å². The molecule has 0 aromatic carbocycles. The first-order valence-corrected chi connectivity index (χ1v) is 10.7. The van der Waals surface area contributed by atoms with Gasteiger partial charge >= 0.3 is 8.80 Å². The van der Waals surface area contributed by atoms with E-state index in [9.17, 15) is 0 Å². The molecular formula is C15H35N3O3Si. The first-order valence-electron chi connectivity index (χ1n) is 8.79. The molecule has 1 saturated heterocycles. The highest BCUT2D eigenvalue weighted by Gasteiger charge is 2.39. The number of unbranched alkanes of at least 4 members (excludes halogenated alkanes) is 1. The van der Waals surface area contributed by atoms with Gasteiger partial charge in [0.2, 0.25) is 0 Å². The molecular weight excluding hydrogens is 298 g/mol. The topological polar surface area (TPSA) is 69.0 Å².